The fraction of sp³-hybridized carbons (Fsp3) is 0.905. The number of hydrogen-bond acceptors (Lipinski definition) is 2. The van der Waals surface area contributed by atoms with Crippen LogP contribution in [0.25, 0.3) is 0 Å². The monoisotopic (exact) mass is 320 g/mol. The van der Waals surface area contributed by atoms with Crippen molar-refractivity contribution in [3.63, 3.8) is 0 Å². The van der Waals surface area contributed by atoms with E-state index in [4.69, 9.17) is 0 Å². The van der Waals surface area contributed by atoms with E-state index in [-0.39, 0.29) is 0 Å². The first-order valence-electron chi connectivity index (χ1n) is 9.54. The molecule has 1 atom stereocenters. The van der Waals surface area contributed by atoms with Crippen LogP contribution in [-0.2, 0) is 0 Å². The van der Waals surface area contributed by atoms with Crippen molar-refractivity contribution in [2.45, 2.75) is 61.3 Å². The summed E-state index contributed by atoms with van der Waals surface area (Å²) in [5, 5.41) is 0. The lowest BCUT2D eigenvalue weighted by molar-refractivity contribution is 0.178. The molecule has 2 heteroatoms. The second kappa shape index (κ2) is 6.52. The van der Waals surface area contributed by atoms with E-state index in [9.17, 15) is 0 Å². The van der Waals surface area contributed by atoms with Gasteiger partial charge in [0.25, 0.3) is 0 Å². The number of rotatable bonds is 4. The van der Waals surface area contributed by atoms with Gasteiger partial charge in [-0.3, -0.25) is 0 Å². The molecule has 23 heavy (non-hydrogen) atoms. The minimum atomic E-state index is 0.301. The second-order valence-electron chi connectivity index (χ2n) is 10.5. The fourth-order valence-corrected chi connectivity index (χ4v) is 4.86. The Bertz CT molecular complexity index is 439. The molecule has 1 fully saturated rings. The molecule has 134 valence electrons. The molecule has 0 aromatic heterocycles. The number of hydrogen-bond donors (Lipinski definition) is 0. The number of likely N-dealkylation sites (tertiary alicyclic amines) is 1. The highest BCUT2D eigenvalue weighted by molar-refractivity contribution is 5.24. The molecular formula is C21H40N2. The van der Waals surface area contributed by atoms with Crippen LogP contribution in [0.5, 0.6) is 0 Å². The van der Waals surface area contributed by atoms with Crippen LogP contribution in [0, 0.1) is 22.2 Å². The summed E-state index contributed by atoms with van der Waals surface area (Å²) in [6, 6.07) is 0. The van der Waals surface area contributed by atoms with Crippen LogP contribution in [0.1, 0.15) is 61.3 Å². The molecule has 0 amide bonds. The minimum absolute atomic E-state index is 0.301. The highest BCUT2D eigenvalue weighted by Gasteiger charge is 2.38. The quantitative estimate of drug-likeness (QED) is 0.695. The molecule has 0 aliphatic carbocycles. The van der Waals surface area contributed by atoms with Gasteiger partial charge in [-0.05, 0) is 55.1 Å². The van der Waals surface area contributed by atoms with Gasteiger partial charge >= 0.3 is 0 Å². The molecule has 0 bridgehead atoms. The molecule has 2 nitrogen and oxygen atoms in total. The molecule has 0 aromatic rings. The zero-order chi connectivity index (χ0) is 17.5. The first-order valence-corrected chi connectivity index (χ1v) is 9.54. The molecule has 2 aliphatic heterocycles. The van der Waals surface area contributed by atoms with E-state index >= 15 is 0 Å². The maximum absolute atomic E-state index is 2.71. The van der Waals surface area contributed by atoms with Crippen LogP contribution in [0.3, 0.4) is 0 Å². The van der Waals surface area contributed by atoms with Crippen LogP contribution in [0.4, 0.5) is 0 Å². The molecule has 0 radical (unpaired) electrons. The Morgan fingerprint density at radius 1 is 1.17 bits per heavy atom. The van der Waals surface area contributed by atoms with E-state index in [0.717, 1.165) is 12.5 Å². The van der Waals surface area contributed by atoms with Crippen molar-refractivity contribution >= 4 is 0 Å². The van der Waals surface area contributed by atoms with Crippen molar-refractivity contribution in [3.8, 4) is 0 Å². The Morgan fingerprint density at radius 2 is 1.83 bits per heavy atom. The number of likely N-dealkylation sites (N-methyl/N-ethyl adjacent to an activating group) is 1. The minimum Gasteiger partial charge on any atom is -0.303 e. The summed E-state index contributed by atoms with van der Waals surface area (Å²) in [7, 11) is 2.24. The van der Waals surface area contributed by atoms with Crippen molar-refractivity contribution in [1.82, 2.24) is 9.80 Å². The van der Waals surface area contributed by atoms with E-state index in [0.29, 0.717) is 16.2 Å². The van der Waals surface area contributed by atoms with Gasteiger partial charge in [0.05, 0.1) is 0 Å². The van der Waals surface area contributed by atoms with Gasteiger partial charge in [0.2, 0.25) is 0 Å². The highest BCUT2D eigenvalue weighted by atomic mass is 15.1. The summed E-state index contributed by atoms with van der Waals surface area (Å²) >= 11 is 0. The normalized spacial score (nSPS) is 27.3. The molecular weight excluding hydrogens is 280 g/mol. The van der Waals surface area contributed by atoms with Crippen LogP contribution in [-0.4, -0.2) is 49.6 Å². The van der Waals surface area contributed by atoms with E-state index in [1.807, 2.05) is 0 Å². The smallest absolute Gasteiger partial charge is 0.0163 e. The van der Waals surface area contributed by atoms with Gasteiger partial charge in [0.15, 0.2) is 0 Å². The SMILES string of the molecule is CN1CC=C(C(C)(C)CCN2CCC(C(C)(C)C)C2)C(C)(C)C1. The Labute approximate surface area is 145 Å². The summed E-state index contributed by atoms with van der Waals surface area (Å²) in [5.41, 5.74) is 2.75. The molecule has 2 rings (SSSR count). The van der Waals surface area contributed by atoms with Gasteiger partial charge < -0.3 is 9.80 Å². The lowest BCUT2D eigenvalue weighted by Crippen LogP contribution is -2.42. The summed E-state index contributed by atoms with van der Waals surface area (Å²) in [5.74, 6) is 0.865. The molecule has 2 heterocycles. The summed E-state index contributed by atoms with van der Waals surface area (Å²) in [6.07, 6.45) is 5.16. The van der Waals surface area contributed by atoms with Crippen molar-refractivity contribution in [3.05, 3.63) is 11.6 Å². The Hall–Kier alpha value is -0.340. The Morgan fingerprint density at radius 3 is 2.35 bits per heavy atom. The maximum atomic E-state index is 2.71. The standard InChI is InChI=1S/C21H40N2/c1-19(2,3)17-9-13-23(15-17)14-11-20(4,5)18-10-12-22(8)16-21(18,6)7/h10,17H,9,11-16H2,1-8H3. The molecule has 0 aromatic carbocycles. The predicted octanol–water partition coefficient (Wildman–Crippen LogP) is 4.67. The van der Waals surface area contributed by atoms with E-state index in [1.165, 1.54) is 39.0 Å². The largest absolute Gasteiger partial charge is 0.303 e. The number of nitrogens with zero attached hydrogens (tertiary/aromatic N) is 2. The van der Waals surface area contributed by atoms with Crippen molar-refractivity contribution in [2.75, 3.05) is 39.8 Å². The van der Waals surface area contributed by atoms with E-state index in [1.54, 1.807) is 5.57 Å². The third-order valence-electron chi connectivity index (χ3n) is 6.28. The molecule has 0 spiro atoms. The van der Waals surface area contributed by atoms with Crippen LogP contribution in [0.2, 0.25) is 0 Å². The molecule has 0 N–H and O–H groups in total. The van der Waals surface area contributed by atoms with Gasteiger partial charge in [0, 0.05) is 19.6 Å². The van der Waals surface area contributed by atoms with Gasteiger partial charge in [-0.1, -0.05) is 60.1 Å². The zero-order valence-electron chi connectivity index (χ0n) is 17.0. The summed E-state index contributed by atoms with van der Waals surface area (Å²) in [6.45, 7) is 23.1. The van der Waals surface area contributed by atoms with Crippen molar-refractivity contribution in [2.24, 2.45) is 22.2 Å². The molecule has 1 unspecified atom stereocenters. The van der Waals surface area contributed by atoms with Gasteiger partial charge in [-0.15, -0.1) is 0 Å². The lowest BCUT2D eigenvalue weighted by Gasteiger charge is -2.44. The Kier molecular flexibility index (Phi) is 5.38. The van der Waals surface area contributed by atoms with Crippen molar-refractivity contribution < 1.29 is 0 Å². The Balaban J connectivity index is 1.95. The van der Waals surface area contributed by atoms with E-state index in [2.05, 4.69) is 71.4 Å². The van der Waals surface area contributed by atoms with Crippen LogP contribution < -0.4 is 0 Å². The first-order chi connectivity index (χ1) is 10.4. The van der Waals surface area contributed by atoms with Gasteiger partial charge in [-0.25, -0.2) is 0 Å². The zero-order valence-corrected chi connectivity index (χ0v) is 17.0. The second-order valence-corrected chi connectivity index (χ2v) is 10.5. The summed E-state index contributed by atoms with van der Waals surface area (Å²) < 4.78 is 0. The average molecular weight is 321 g/mol. The van der Waals surface area contributed by atoms with Gasteiger partial charge in [-0.2, -0.15) is 0 Å². The third-order valence-corrected chi connectivity index (χ3v) is 6.28. The molecule has 0 saturated carbocycles. The lowest BCUT2D eigenvalue weighted by atomic mass is 9.66. The van der Waals surface area contributed by atoms with Crippen molar-refractivity contribution in [1.29, 1.82) is 0 Å². The first kappa shape index (κ1) is 19.0. The van der Waals surface area contributed by atoms with Crippen LogP contribution in [0.15, 0.2) is 11.6 Å². The highest BCUT2D eigenvalue weighted by Crippen LogP contribution is 2.44. The predicted molar refractivity (Wildman–Crippen MR) is 102 cm³/mol. The fourth-order valence-electron chi connectivity index (χ4n) is 4.86. The van der Waals surface area contributed by atoms with E-state index < -0.39 is 0 Å². The molecule has 1 saturated heterocycles. The molecule has 2 aliphatic rings. The average Bonchev–Trinajstić information content (AvgIpc) is 2.83. The van der Waals surface area contributed by atoms with Crippen LogP contribution >= 0.6 is 0 Å². The summed E-state index contributed by atoms with van der Waals surface area (Å²) in [4.78, 5) is 5.15. The topological polar surface area (TPSA) is 6.48 Å². The van der Waals surface area contributed by atoms with Gasteiger partial charge in [0.1, 0.15) is 0 Å². The maximum Gasteiger partial charge on any atom is 0.0163 e. The third kappa shape index (κ3) is 4.60.